The number of alkyl halides is 1. The fraction of sp³-hybridized carbons (Fsp3) is 0.154. The molecule has 2 nitrogen and oxygen atoms in total. The topological polar surface area (TPSA) is 24.9 Å². The quantitative estimate of drug-likeness (QED) is 0.854. The maximum absolute atomic E-state index is 13.3. The zero-order valence-corrected chi connectivity index (χ0v) is 10.2. The fourth-order valence-electron chi connectivity index (χ4n) is 1.51. The minimum Gasteiger partial charge on any atom is -0.366 e. The van der Waals surface area contributed by atoms with E-state index in [0.29, 0.717) is 6.54 Å². The Balaban J connectivity index is 1.99. The van der Waals surface area contributed by atoms with E-state index in [2.05, 4.69) is 10.3 Å². The summed E-state index contributed by atoms with van der Waals surface area (Å²) in [6.45, 7) is 0.307. The summed E-state index contributed by atoms with van der Waals surface area (Å²) in [6, 6.07) is 10.2. The molecule has 0 spiro atoms. The molecule has 0 fully saturated rings. The minimum atomic E-state index is -0.730. The van der Waals surface area contributed by atoms with Gasteiger partial charge in [0.2, 0.25) is 0 Å². The highest BCUT2D eigenvalue weighted by atomic mass is 35.5. The zero-order chi connectivity index (χ0) is 13.0. The third kappa shape index (κ3) is 3.17. The molecule has 0 aliphatic rings. The molecule has 1 aromatic carbocycles. The summed E-state index contributed by atoms with van der Waals surface area (Å²) in [5.74, 6) is -1.44. The van der Waals surface area contributed by atoms with E-state index in [0.717, 1.165) is 17.8 Å². The van der Waals surface area contributed by atoms with Gasteiger partial charge in [-0.25, -0.2) is 13.8 Å². The van der Waals surface area contributed by atoms with Crippen LogP contribution in [0.5, 0.6) is 0 Å². The first-order valence-electron chi connectivity index (χ1n) is 5.41. The Kier molecular flexibility index (Phi) is 4.10. The molecule has 5 heteroatoms. The number of hydrogen-bond donors (Lipinski definition) is 1. The first kappa shape index (κ1) is 12.8. The first-order valence-corrected chi connectivity index (χ1v) is 5.84. The van der Waals surface area contributed by atoms with E-state index in [1.54, 1.807) is 0 Å². The van der Waals surface area contributed by atoms with E-state index in [1.807, 2.05) is 30.3 Å². The lowest BCUT2D eigenvalue weighted by molar-refractivity contribution is 0.575. The number of nitrogens with one attached hydrogen (secondary N) is 1. The van der Waals surface area contributed by atoms with Crippen molar-refractivity contribution < 1.29 is 8.78 Å². The molecule has 0 bridgehead atoms. The largest absolute Gasteiger partial charge is 0.366 e. The van der Waals surface area contributed by atoms with E-state index in [4.69, 9.17) is 11.6 Å². The number of halogens is 3. The van der Waals surface area contributed by atoms with Gasteiger partial charge in [0.05, 0.1) is 11.6 Å². The number of anilines is 1. The molecular weight excluding hydrogens is 258 g/mol. The lowest BCUT2D eigenvalue weighted by Gasteiger charge is -2.12. The Bertz CT molecular complexity index is 520. The summed E-state index contributed by atoms with van der Waals surface area (Å²) in [7, 11) is 0. The SMILES string of the molecule is Fc1cnc(NCC(Cl)c2ccccc2)c(F)c1. The van der Waals surface area contributed by atoms with Crippen LogP contribution in [0.2, 0.25) is 0 Å². The molecule has 1 heterocycles. The van der Waals surface area contributed by atoms with Gasteiger partial charge < -0.3 is 5.32 Å². The number of hydrogen-bond acceptors (Lipinski definition) is 2. The average molecular weight is 269 g/mol. The van der Waals surface area contributed by atoms with Crippen molar-refractivity contribution in [2.24, 2.45) is 0 Å². The van der Waals surface area contributed by atoms with Crippen molar-refractivity contribution in [1.82, 2.24) is 4.98 Å². The molecule has 0 aliphatic heterocycles. The highest BCUT2D eigenvalue weighted by Gasteiger charge is 2.10. The van der Waals surface area contributed by atoms with Crippen molar-refractivity contribution in [1.29, 1.82) is 0 Å². The van der Waals surface area contributed by atoms with E-state index in [1.165, 1.54) is 0 Å². The van der Waals surface area contributed by atoms with Crippen molar-refractivity contribution >= 4 is 17.4 Å². The normalized spacial score (nSPS) is 12.2. The van der Waals surface area contributed by atoms with Crippen molar-refractivity contribution in [3.8, 4) is 0 Å². The molecular formula is C13H11ClF2N2. The van der Waals surface area contributed by atoms with Crippen LogP contribution < -0.4 is 5.32 Å². The van der Waals surface area contributed by atoms with Crippen molar-refractivity contribution in [3.63, 3.8) is 0 Å². The summed E-state index contributed by atoms with van der Waals surface area (Å²) >= 11 is 6.15. The van der Waals surface area contributed by atoms with Gasteiger partial charge in [0, 0.05) is 12.6 Å². The number of nitrogens with zero attached hydrogens (tertiary/aromatic N) is 1. The number of aromatic nitrogens is 1. The Morgan fingerprint density at radius 3 is 2.61 bits per heavy atom. The van der Waals surface area contributed by atoms with Crippen LogP contribution in [-0.2, 0) is 0 Å². The van der Waals surface area contributed by atoms with Crippen molar-refractivity contribution in [3.05, 3.63) is 59.8 Å². The minimum absolute atomic E-state index is 0.00187. The maximum atomic E-state index is 13.3. The summed E-state index contributed by atoms with van der Waals surface area (Å²) in [4.78, 5) is 3.62. The third-order valence-electron chi connectivity index (χ3n) is 2.42. The standard InChI is InChI=1S/C13H11ClF2N2/c14-11(9-4-2-1-3-5-9)8-18-13-12(16)6-10(15)7-17-13/h1-7,11H,8H2,(H,17,18). The number of pyridine rings is 1. The molecule has 18 heavy (non-hydrogen) atoms. The lowest BCUT2D eigenvalue weighted by atomic mass is 10.1. The van der Waals surface area contributed by atoms with Gasteiger partial charge in [-0.05, 0) is 5.56 Å². The van der Waals surface area contributed by atoms with Gasteiger partial charge in [-0.1, -0.05) is 30.3 Å². The highest BCUT2D eigenvalue weighted by molar-refractivity contribution is 6.21. The molecule has 0 saturated heterocycles. The summed E-state index contributed by atoms with van der Waals surface area (Å²) in [5.41, 5.74) is 0.925. The molecule has 1 atom stereocenters. The Morgan fingerprint density at radius 2 is 1.94 bits per heavy atom. The molecule has 0 amide bonds. The predicted molar refractivity (Wildman–Crippen MR) is 67.7 cm³/mol. The molecule has 2 aromatic rings. The fourth-order valence-corrected chi connectivity index (χ4v) is 1.73. The van der Waals surface area contributed by atoms with Gasteiger partial charge in [0.1, 0.15) is 5.82 Å². The third-order valence-corrected chi connectivity index (χ3v) is 2.82. The second-order valence-corrected chi connectivity index (χ2v) is 4.27. The van der Waals surface area contributed by atoms with Crippen LogP contribution in [-0.4, -0.2) is 11.5 Å². The molecule has 94 valence electrons. The monoisotopic (exact) mass is 268 g/mol. The van der Waals surface area contributed by atoms with Crippen LogP contribution in [0.25, 0.3) is 0 Å². The molecule has 2 rings (SSSR count). The summed E-state index contributed by atoms with van der Waals surface area (Å²) in [5, 5.41) is 2.45. The maximum Gasteiger partial charge on any atom is 0.168 e. The van der Waals surface area contributed by atoms with E-state index < -0.39 is 11.6 Å². The van der Waals surface area contributed by atoms with Gasteiger partial charge in [-0.3, -0.25) is 0 Å². The average Bonchev–Trinajstić information content (AvgIpc) is 2.38. The Labute approximate surface area is 109 Å². The Hall–Kier alpha value is -1.68. The van der Waals surface area contributed by atoms with Gasteiger partial charge in [-0.15, -0.1) is 11.6 Å². The van der Waals surface area contributed by atoms with Crippen LogP contribution in [0, 0.1) is 11.6 Å². The smallest absolute Gasteiger partial charge is 0.168 e. The van der Waals surface area contributed by atoms with E-state index >= 15 is 0 Å². The first-order chi connectivity index (χ1) is 8.66. The zero-order valence-electron chi connectivity index (χ0n) is 9.41. The molecule has 1 unspecified atom stereocenters. The van der Waals surface area contributed by atoms with Crippen LogP contribution >= 0.6 is 11.6 Å². The van der Waals surface area contributed by atoms with E-state index in [9.17, 15) is 8.78 Å². The van der Waals surface area contributed by atoms with Crippen LogP contribution in [0.4, 0.5) is 14.6 Å². The van der Waals surface area contributed by atoms with Crippen LogP contribution in [0.1, 0.15) is 10.9 Å². The number of rotatable bonds is 4. The van der Waals surface area contributed by atoms with Crippen molar-refractivity contribution in [2.75, 3.05) is 11.9 Å². The Morgan fingerprint density at radius 1 is 1.22 bits per heavy atom. The molecule has 1 aromatic heterocycles. The van der Waals surface area contributed by atoms with Crippen LogP contribution in [0.15, 0.2) is 42.6 Å². The molecule has 0 aliphatic carbocycles. The van der Waals surface area contributed by atoms with E-state index in [-0.39, 0.29) is 11.2 Å². The van der Waals surface area contributed by atoms with Gasteiger partial charge in [-0.2, -0.15) is 0 Å². The molecule has 1 N–H and O–H groups in total. The number of benzene rings is 1. The van der Waals surface area contributed by atoms with Crippen LogP contribution in [0.3, 0.4) is 0 Å². The van der Waals surface area contributed by atoms with Crippen molar-refractivity contribution in [2.45, 2.75) is 5.38 Å². The highest BCUT2D eigenvalue weighted by Crippen LogP contribution is 2.21. The summed E-state index contributed by atoms with van der Waals surface area (Å²) in [6.07, 6.45) is 0.956. The van der Waals surface area contributed by atoms with Gasteiger partial charge in [0.15, 0.2) is 11.6 Å². The molecule has 0 radical (unpaired) electrons. The molecule has 0 saturated carbocycles. The lowest BCUT2D eigenvalue weighted by Crippen LogP contribution is -2.10. The van der Waals surface area contributed by atoms with Gasteiger partial charge in [0.25, 0.3) is 0 Å². The predicted octanol–water partition coefficient (Wildman–Crippen LogP) is 3.75. The second-order valence-electron chi connectivity index (χ2n) is 3.74. The second kappa shape index (κ2) is 5.78. The summed E-state index contributed by atoms with van der Waals surface area (Å²) < 4.78 is 26.0. The van der Waals surface area contributed by atoms with Gasteiger partial charge >= 0.3 is 0 Å².